The maximum absolute atomic E-state index is 13.0. The van der Waals surface area contributed by atoms with Crippen LogP contribution < -0.4 is 10.9 Å². The number of hydrogen-bond donors (Lipinski definition) is 2. The average Bonchev–Trinajstić information content (AvgIpc) is 2.77. The molecule has 150 valence electrons. The van der Waals surface area contributed by atoms with Crippen molar-refractivity contribution in [1.82, 2.24) is 10.9 Å². The molecule has 3 rings (SSSR count). The Labute approximate surface area is 177 Å². The van der Waals surface area contributed by atoms with E-state index in [9.17, 15) is 9.18 Å². The van der Waals surface area contributed by atoms with E-state index in [1.165, 1.54) is 18.3 Å². The predicted octanol–water partition coefficient (Wildman–Crippen LogP) is 4.22. The van der Waals surface area contributed by atoms with E-state index in [4.69, 9.17) is 11.6 Å². The van der Waals surface area contributed by atoms with Gasteiger partial charge in [-0.25, -0.2) is 15.2 Å². The predicted molar refractivity (Wildman–Crippen MR) is 118 cm³/mol. The van der Waals surface area contributed by atoms with Crippen LogP contribution in [0.1, 0.15) is 21.5 Å². The number of hydrogen-bond acceptors (Lipinski definition) is 3. The summed E-state index contributed by atoms with van der Waals surface area (Å²) in [6.45, 7) is 0. The smallest absolute Gasteiger partial charge is 0.267 e. The van der Waals surface area contributed by atoms with Gasteiger partial charge in [-0.1, -0.05) is 54.1 Å². The van der Waals surface area contributed by atoms with Crippen LogP contribution in [-0.2, 0) is 0 Å². The van der Waals surface area contributed by atoms with Crippen molar-refractivity contribution in [2.75, 3.05) is 0 Å². The summed E-state index contributed by atoms with van der Waals surface area (Å²) >= 11 is 5.86. The van der Waals surface area contributed by atoms with Crippen LogP contribution >= 0.6 is 11.6 Å². The molecule has 0 saturated carbocycles. The average molecular weight is 422 g/mol. The van der Waals surface area contributed by atoms with Crippen LogP contribution in [0.25, 0.3) is 0 Å². The first-order chi connectivity index (χ1) is 14.6. The topological polar surface area (TPSA) is 78.2 Å². The second-order valence-electron chi connectivity index (χ2n) is 5.97. The zero-order chi connectivity index (χ0) is 21.2. The van der Waals surface area contributed by atoms with Gasteiger partial charge in [0, 0.05) is 10.6 Å². The molecule has 6 nitrogen and oxygen atoms in total. The molecule has 0 bridgehead atoms. The van der Waals surface area contributed by atoms with E-state index in [1.54, 1.807) is 72.9 Å². The van der Waals surface area contributed by atoms with Crippen LogP contribution in [-0.4, -0.2) is 24.3 Å². The van der Waals surface area contributed by atoms with Crippen LogP contribution in [0, 0.1) is 5.82 Å². The number of carbonyl (C=O) groups is 1. The van der Waals surface area contributed by atoms with Crippen molar-refractivity contribution < 1.29 is 9.18 Å². The first kappa shape index (κ1) is 20.9. The fourth-order valence-electron chi connectivity index (χ4n) is 2.26. The third kappa shape index (κ3) is 6.65. The van der Waals surface area contributed by atoms with Crippen molar-refractivity contribution in [3.05, 3.63) is 106 Å². The lowest BCUT2D eigenvalue weighted by Gasteiger charge is -2.04. The molecule has 0 atom stereocenters. The quantitative estimate of drug-likeness (QED) is 0.368. The summed E-state index contributed by atoms with van der Waals surface area (Å²) < 4.78 is 13.0. The third-order valence-electron chi connectivity index (χ3n) is 3.74. The van der Waals surface area contributed by atoms with Crippen LogP contribution in [0.3, 0.4) is 0 Å². The number of hydrazone groups is 2. The summed E-state index contributed by atoms with van der Waals surface area (Å²) in [6, 6.07) is 21.4. The van der Waals surface area contributed by atoms with Gasteiger partial charge in [0.15, 0.2) is 0 Å². The highest BCUT2D eigenvalue weighted by Gasteiger charge is 2.05. The minimum atomic E-state index is -0.468. The second kappa shape index (κ2) is 10.6. The number of amides is 1. The number of aliphatic imine (C=N–C) groups is 1. The van der Waals surface area contributed by atoms with Gasteiger partial charge >= 0.3 is 0 Å². The number of carbonyl (C=O) groups excluding carboxylic acids is 1. The fourth-order valence-corrected chi connectivity index (χ4v) is 2.38. The maximum atomic E-state index is 13.0. The summed E-state index contributed by atoms with van der Waals surface area (Å²) in [5.74, 6) is -0.786. The maximum Gasteiger partial charge on any atom is 0.280 e. The Kier molecular flexibility index (Phi) is 7.40. The molecule has 8 heteroatoms. The van der Waals surface area contributed by atoms with Crippen LogP contribution in [0.15, 0.2) is 94.1 Å². The molecule has 0 spiro atoms. The molecular weight excluding hydrogens is 405 g/mol. The van der Waals surface area contributed by atoms with Crippen molar-refractivity contribution in [3.8, 4) is 0 Å². The summed E-state index contributed by atoms with van der Waals surface area (Å²) in [5.41, 5.74) is 7.19. The molecule has 0 fully saturated rings. The van der Waals surface area contributed by atoms with Gasteiger partial charge in [-0.15, -0.1) is 0 Å². The van der Waals surface area contributed by atoms with Crippen LogP contribution in [0.5, 0.6) is 0 Å². The molecular formula is C22H17ClFN5O. The molecule has 3 aromatic rings. The minimum Gasteiger partial charge on any atom is -0.267 e. The lowest BCUT2D eigenvalue weighted by atomic mass is 10.2. The highest BCUT2D eigenvalue weighted by atomic mass is 35.5. The Hall–Kier alpha value is -3.84. The molecule has 0 radical (unpaired) electrons. The first-order valence-corrected chi connectivity index (χ1v) is 9.25. The van der Waals surface area contributed by atoms with Crippen molar-refractivity contribution >= 4 is 35.9 Å². The Bertz CT molecular complexity index is 1010. The van der Waals surface area contributed by atoms with E-state index < -0.39 is 5.91 Å². The van der Waals surface area contributed by atoms with Crippen LogP contribution in [0.4, 0.5) is 4.39 Å². The molecule has 0 aliphatic rings. The van der Waals surface area contributed by atoms with Gasteiger partial charge < -0.3 is 0 Å². The van der Waals surface area contributed by atoms with Gasteiger partial charge in [-0.2, -0.15) is 15.2 Å². The van der Waals surface area contributed by atoms with E-state index in [0.717, 1.165) is 5.56 Å². The number of guanidine groups is 1. The van der Waals surface area contributed by atoms with E-state index in [2.05, 4.69) is 26.0 Å². The molecule has 0 aromatic heterocycles. The highest BCUT2D eigenvalue weighted by Crippen LogP contribution is 2.07. The number of rotatable bonds is 5. The molecule has 0 aliphatic heterocycles. The summed E-state index contributed by atoms with van der Waals surface area (Å²) in [4.78, 5) is 16.4. The van der Waals surface area contributed by atoms with Crippen molar-refractivity contribution in [1.29, 1.82) is 0 Å². The lowest BCUT2D eigenvalue weighted by molar-refractivity contribution is 0.100. The number of benzene rings is 3. The van der Waals surface area contributed by atoms with Crippen LogP contribution in [0.2, 0.25) is 5.02 Å². The zero-order valence-electron chi connectivity index (χ0n) is 15.7. The first-order valence-electron chi connectivity index (χ1n) is 8.87. The van der Waals surface area contributed by atoms with Gasteiger partial charge in [0.2, 0.25) is 5.96 Å². The Morgan fingerprint density at radius 2 is 1.33 bits per heavy atom. The van der Waals surface area contributed by atoms with Gasteiger partial charge in [0.05, 0.1) is 12.4 Å². The molecule has 0 saturated heterocycles. The monoisotopic (exact) mass is 421 g/mol. The van der Waals surface area contributed by atoms with Crippen molar-refractivity contribution in [2.45, 2.75) is 0 Å². The van der Waals surface area contributed by atoms with Gasteiger partial charge in [0.25, 0.3) is 5.91 Å². The van der Waals surface area contributed by atoms with E-state index in [0.29, 0.717) is 16.1 Å². The normalized spacial score (nSPS) is 11.7. The summed E-state index contributed by atoms with van der Waals surface area (Å²) in [6.07, 6.45) is 3.01. The number of nitrogens with zero attached hydrogens (tertiary/aromatic N) is 3. The summed E-state index contributed by atoms with van der Waals surface area (Å²) in [5, 5.41) is 8.71. The largest absolute Gasteiger partial charge is 0.280 e. The lowest BCUT2D eigenvalue weighted by Crippen LogP contribution is -2.32. The fraction of sp³-hybridized carbons (Fsp3) is 0. The van der Waals surface area contributed by atoms with E-state index >= 15 is 0 Å². The molecule has 3 aromatic carbocycles. The Morgan fingerprint density at radius 1 is 0.800 bits per heavy atom. The molecule has 1 amide bonds. The van der Waals surface area contributed by atoms with E-state index in [-0.39, 0.29) is 11.8 Å². The Morgan fingerprint density at radius 3 is 1.90 bits per heavy atom. The van der Waals surface area contributed by atoms with Gasteiger partial charge in [-0.05, 0) is 47.5 Å². The zero-order valence-corrected chi connectivity index (χ0v) is 16.4. The van der Waals surface area contributed by atoms with E-state index in [1.807, 2.05) is 0 Å². The molecule has 30 heavy (non-hydrogen) atoms. The second-order valence-corrected chi connectivity index (χ2v) is 6.41. The molecule has 0 unspecified atom stereocenters. The number of halogens is 2. The Balaban J connectivity index is 1.73. The standard InChI is InChI=1S/C22H17ClFN5O/c23-19-10-6-16(7-11-19)14-25-28-22(27-21(30)18-4-2-1-3-5-18)29-26-15-17-8-12-20(24)13-9-17/h1-15H,(H2,27,28,29,30). The third-order valence-corrected chi connectivity index (χ3v) is 3.99. The minimum absolute atomic E-state index is 0.0208. The summed E-state index contributed by atoms with van der Waals surface area (Å²) in [7, 11) is 0. The molecule has 0 heterocycles. The molecule has 0 aliphatic carbocycles. The van der Waals surface area contributed by atoms with Crippen molar-refractivity contribution in [3.63, 3.8) is 0 Å². The molecule has 2 N–H and O–H groups in total. The highest BCUT2D eigenvalue weighted by molar-refractivity contribution is 6.30. The number of nitrogens with one attached hydrogen (secondary N) is 2. The van der Waals surface area contributed by atoms with Gasteiger partial charge in [-0.3, -0.25) is 4.79 Å². The van der Waals surface area contributed by atoms with Crippen molar-refractivity contribution in [2.24, 2.45) is 15.2 Å². The van der Waals surface area contributed by atoms with Gasteiger partial charge in [0.1, 0.15) is 5.82 Å². The SMILES string of the molecule is O=C(N=C(NN=Cc1ccc(F)cc1)NN=Cc1ccc(Cl)cc1)c1ccccc1.